The maximum Gasteiger partial charge on any atom is 0.0664 e. The van der Waals surface area contributed by atoms with Crippen molar-refractivity contribution in [1.82, 2.24) is 5.32 Å². The highest BCUT2D eigenvalue weighted by molar-refractivity contribution is 4.58. The molecule has 1 unspecified atom stereocenters. The van der Waals surface area contributed by atoms with Crippen LogP contribution in [0.4, 0.5) is 0 Å². The number of nitrogens with one attached hydrogen (secondary N) is 1. The largest absolute Gasteiger partial charge is 0.392 e. The van der Waals surface area contributed by atoms with E-state index in [1.54, 1.807) is 0 Å². The number of hydrogen-bond acceptors (Lipinski definition) is 3. The SMILES string of the molecule is CCCC(O)CNCCOCC(C)C. The van der Waals surface area contributed by atoms with Gasteiger partial charge < -0.3 is 15.2 Å². The molecule has 0 aliphatic heterocycles. The lowest BCUT2D eigenvalue weighted by molar-refractivity contribution is 0.106. The van der Waals surface area contributed by atoms with Gasteiger partial charge in [0.05, 0.1) is 12.7 Å². The molecular formula is C11H25NO2. The molecular weight excluding hydrogens is 178 g/mol. The van der Waals surface area contributed by atoms with Crippen LogP contribution in [0.1, 0.15) is 33.6 Å². The molecule has 0 radical (unpaired) electrons. The lowest BCUT2D eigenvalue weighted by Gasteiger charge is -2.11. The highest BCUT2D eigenvalue weighted by Gasteiger charge is 2.00. The zero-order valence-electron chi connectivity index (χ0n) is 9.75. The van der Waals surface area contributed by atoms with Crippen molar-refractivity contribution in [2.75, 3.05) is 26.3 Å². The molecule has 2 N–H and O–H groups in total. The summed E-state index contributed by atoms with van der Waals surface area (Å²) in [5.41, 5.74) is 0. The molecule has 0 fully saturated rings. The van der Waals surface area contributed by atoms with E-state index in [9.17, 15) is 5.11 Å². The molecule has 0 saturated heterocycles. The average Bonchev–Trinajstić information content (AvgIpc) is 2.11. The van der Waals surface area contributed by atoms with Crippen molar-refractivity contribution in [1.29, 1.82) is 0 Å². The van der Waals surface area contributed by atoms with Gasteiger partial charge in [0.2, 0.25) is 0 Å². The summed E-state index contributed by atoms with van der Waals surface area (Å²) in [6.07, 6.45) is 1.71. The van der Waals surface area contributed by atoms with Crippen LogP contribution in [0, 0.1) is 5.92 Å². The quantitative estimate of drug-likeness (QED) is 0.557. The third-order valence-electron chi connectivity index (χ3n) is 1.88. The Labute approximate surface area is 87.8 Å². The molecule has 3 nitrogen and oxygen atoms in total. The summed E-state index contributed by atoms with van der Waals surface area (Å²) >= 11 is 0. The molecule has 86 valence electrons. The second-order valence-corrected chi connectivity index (χ2v) is 4.12. The van der Waals surface area contributed by atoms with E-state index in [0.29, 0.717) is 12.5 Å². The van der Waals surface area contributed by atoms with Crippen molar-refractivity contribution in [3.63, 3.8) is 0 Å². The second kappa shape index (κ2) is 9.44. The van der Waals surface area contributed by atoms with Crippen molar-refractivity contribution in [2.24, 2.45) is 5.92 Å². The third-order valence-corrected chi connectivity index (χ3v) is 1.88. The van der Waals surface area contributed by atoms with Crippen LogP contribution in [0.25, 0.3) is 0 Å². The molecule has 0 aromatic rings. The number of aliphatic hydroxyl groups excluding tert-OH is 1. The maximum atomic E-state index is 9.39. The monoisotopic (exact) mass is 203 g/mol. The van der Waals surface area contributed by atoms with Gasteiger partial charge in [-0.3, -0.25) is 0 Å². The fourth-order valence-electron chi connectivity index (χ4n) is 1.17. The smallest absolute Gasteiger partial charge is 0.0664 e. The van der Waals surface area contributed by atoms with Crippen molar-refractivity contribution in [3.8, 4) is 0 Å². The molecule has 0 aliphatic carbocycles. The van der Waals surface area contributed by atoms with Crippen LogP contribution in [0.5, 0.6) is 0 Å². The predicted molar refractivity (Wildman–Crippen MR) is 59.4 cm³/mol. The van der Waals surface area contributed by atoms with E-state index in [4.69, 9.17) is 4.74 Å². The molecule has 0 aromatic heterocycles. The first-order valence-electron chi connectivity index (χ1n) is 5.63. The second-order valence-electron chi connectivity index (χ2n) is 4.12. The predicted octanol–water partition coefficient (Wildman–Crippen LogP) is 1.41. The van der Waals surface area contributed by atoms with Gasteiger partial charge in [0.15, 0.2) is 0 Å². The van der Waals surface area contributed by atoms with Gasteiger partial charge in [-0.2, -0.15) is 0 Å². The van der Waals surface area contributed by atoms with E-state index in [0.717, 1.165) is 32.6 Å². The van der Waals surface area contributed by atoms with Crippen LogP contribution in [0.2, 0.25) is 0 Å². The minimum Gasteiger partial charge on any atom is -0.392 e. The Bertz CT molecular complexity index is 118. The fourth-order valence-corrected chi connectivity index (χ4v) is 1.17. The zero-order valence-corrected chi connectivity index (χ0v) is 9.75. The molecule has 3 heteroatoms. The maximum absolute atomic E-state index is 9.39. The normalized spacial score (nSPS) is 13.5. The van der Waals surface area contributed by atoms with Crippen LogP contribution in [0.3, 0.4) is 0 Å². The first-order chi connectivity index (χ1) is 6.66. The molecule has 0 rings (SSSR count). The summed E-state index contributed by atoms with van der Waals surface area (Å²) in [6, 6.07) is 0. The molecule has 1 atom stereocenters. The first kappa shape index (κ1) is 13.9. The Morgan fingerprint density at radius 1 is 1.36 bits per heavy atom. The molecule has 0 saturated carbocycles. The zero-order chi connectivity index (χ0) is 10.8. The van der Waals surface area contributed by atoms with Crippen molar-refractivity contribution in [3.05, 3.63) is 0 Å². The number of ether oxygens (including phenoxy) is 1. The average molecular weight is 203 g/mol. The molecule has 0 aliphatic rings. The minimum atomic E-state index is -0.204. The van der Waals surface area contributed by atoms with Crippen molar-refractivity contribution < 1.29 is 9.84 Å². The standard InChI is InChI=1S/C11H25NO2/c1-4-5-11(13)8-12-6-7-14-9-10(2)3/h10-13H,4-9H2,1-3H3. The summed E-state index contributed by atoms with van der Waals surface area (Å²) in [5.74, 6) is 0.598. The van der Waals surface area contributed by atoms with Gasteiger partial charge in [0.25, 0.3) is 0 Å². The van der Waals surface area contributed by atoms with E-state index >= 15 is 0 Å². The van der Waals surface area contributed by atoms with Crippen LogP contribution >= 0.6 is 0 Å². The van der Waals surface area contributed by atoms with E-state index in [1.165, 1.54) is 0 Å². The Kier molecular flexibility index (Phi) is 9.35. The molecule has 0 heterocycles. The van der Waals surface area contributed by atoms with Gasteiger partial charge in [-0.05, 0) is 12.3 Å². The van der Waals surface area contributed by atoms with Gasteiger partial charge in [-0.25, -0.2) is 0 Å². The first-order valence-corrected chi connectivity index (χ1v) is 5.63. The van der Waals surface area contributed by atoms with Crippen LogP contribution < -0.4 is 5.32 Å². The highest BCUT2D eigenvalue weighted by Crippen LogP contribution is 1.94. The Morgan fingerprint density at radius 2 is 2.07 bits per heavy atom. The molecule has 14 heavy (non-hydrogen) atoms. The van der Waals surface area contributed by atoms with Crippen LogP contribution in [0.15, 0.2) is 0 Å². The third kappa shape index (κ3) is 9.96. The topological polar surface area (TPSA) is 41.5 Å². The van der Waals surface area contributed by atoms with E-state index in [-0.39, 0.29) is 6.10 Å². The van der Waals surface area contributed by atoms with Gasteiger partial charge in [0, 0.05) is 19.7 Å². The number of aliphatic hydroxyl groups is 1. The molecule has 0 spiro atoms. The molecule has 0 aromatic carbocycles. The number of hydrogen-bond donors (Lipinski definition) is 2. The van der Waals surface area contributed by atoms with Gasteiger partial charge in [-0.1, -0.05) is 27.2 Å². The van der Waals surface area contributed by atoms with Gasteiger partial charge >= 0.3 is 0 Å². The fraction of sp³-hybridized carbons (Fsp3) is 1.00. The Balaban J connectivity index is 3.05. The van der Waals surface area contributed by atoms with Crippen molar-refractivity contribution >= 4 is 0 Å². The van der Waals surface area contributed by atoms with Crippen LogP contribution in [-0.2, 0) is 4.74 Å². The summed E-state index contributed by atoms with van der Waals surface area (Å²) in [6.45, 7) is 9.41. The summed E-state index contributed by atoms with van der Waals surface area (Å²) in [4.78, 5) is 0. The van der Waals surface area contributed by atoms with Crippen molar-refractivity contribution in [2.45, 2.75) is 39.7 Å². The highest BCUT2D eigenvalue weighted by atomic mass is 16.5. The van der Waals surface area contributed by atoms with Gasteiger partial charge in [-0.15, -0.1) is 0 Å². The Hall–Kier alpha value is -0.120. The summed E-state index contributed by atoms with van der Waals surface area (Å²) in [7, 11) is 0. The minimum absolute atomic E-state index is 0.204. The molecule has 0 bridgehead atoms. The van der Waals surface area contributed by atoms with E-state index < -0.39 is 0 Å². The van der Waals surface area contributed by atoms with Gasteiger partial charge in [0.1, 0.15) is 0 Å². The molecule has 0 amide bonds. The Morgan fingerprint density at radius 3 is 2.64 bits per heavy atom. The van der Waals surface area contributed by atoms with E-state index in [2.05, 4.69) is 26.1 Å². The lowest BCUT2D eigenvalue weighted by atomic mass is 10.2. The van der Waals surface area contributed by atoms with Crippen LogP contribution in [-0.4, -0.2) is 37.5 Å². The number of rotatable bonds is 9. The summed E-state index contributed by atoms with van der Waals surface area (Å²) < 4.78 is 5.39. The lowest BCUT2D eigenvalue weighted by Crippen LogP contribution is -2.29. The summed E-state index contributed by atoms with van der Waals surface area (Å²) in [5, 5.41) is 12.6. The van der Waals surface area contributed by atoms with E-state index in [1.807, 2.05) is 0 Å².